The highest BCUT2D eigenvalue weighted by Gasteiger charge is 2.27. The SMILES string of the molecule is CNC(C#N)CCOc1c(F)c(F)c(F)c(F)c1F. The Labute approximate surface area is 105 Å². The maximum Gasteiger partial charge on any atom is 0.206 e. The zero-order chi connectivity index (χ0) is 14.6. The van der Waals surface area contributed by atoms with Crippen LogP contribution in [-0.2, 0) is 0 Å². The first-order chi connectivity index (χ1) is 8.93. The van der Waals surface area contributed by atoms with Gasteiger partial charge in [0, 0.05) is 6.42 Å². The number of ether oxygens (including phenoxy) is 1. The van der Waals surface area contributed by atoms with Crippen LogP contribution in [0.15, 0.2) is 0 Å². The van der Waals surface area contributed by atoms with Crippen molar-refractivity contribution in [3.05, 3.63) is 29.1 Å². The summed E-state index contributed by atoms with van der Waals surface area (Å²) in [4.78, 5) is 0. The molecule has 0 aliphatic heterocycles. The third-order valence-corrected chi connectivity index (χ3v) is 2.33. The molecule has 0 fully saturated rings. The van der Waals surface area contributed by atoms with Gasteiger partial charge in [-0.2, -0.15) is 14.0 Å². The van der Waals surface area contributed by atoms with Crippen molar-refractivity contribution in [1.29, 1.82) is 5.26 Å². The van der Waals surface area contributed by atoms with Crippen LogP contribution in [0.25, 0.3) is 0 Å². The third kappa shape index (κ3) is 3.12. The first-order valence-corrected chi connectivity index (χ1v) is 5.15. The third-order valence-electron chi connectivity index (χ3n) is 2.33. The van der Waals surface area contributed by atoms with Crippen LogP contribution < -0.4 is 10.1 Å². The van der Waals surface area contributed by atoms with Gasteiger partial charge in [0.2, 0.25) is 29.1 Å². The maximum absolute atomic E-state index is 13.2. The van der Waals surface area contributed by atoms with E-state index >= 15 is 0 Å². The van der Waals surface area contributed by atoms with E-state index in [9.17, 15) is 22.0 Å². The molecule has 0 aliphatic rings. The van der Waals surface area contributed by atoms with Crippen molar-refractivity contribution in [2.24, 2.45) is 0 Å². The Bertz CT molecular complexity index is 486. The maximum atomic E-state index is 13.2. The number of halogens is 5. The summed E-state index contributed by atoms with van der Waals surface area (Å²) in [7, 11) is 1.48. The van der Waals surface area contributed by atoms with E-state index < -0.39 is 40.9 Å². The van der Waals surface area contributed by atoms with Gasteiger partial charge in [-0.1, -0.05) is 0 Å². The van der Waals surface area contributed by atoms with Crippen LogP contribution in [0.2, 0.25) is 0 Å². The molecule has 0 amide bonds. The standard InChI is InChI=1S/C11H9F5N2O/c1-18-5(4-17)2-3-19-11-9(15)7(13)6(12)8(14)10(11)16/h5,18H,2-3H2,1H3. The van der Waals surface area contributed by atoms with Crippen LogP contribution in [0, 0.1) is 40.4 Å². The minimum absolute atomic E-state index is 0.0203. The molecule has 0 saturated heterocycles. The normalized spacial score (nSPS) is 12.1. The molecule has 1 aromatic rings. The lowest BCUT2D eigenvalue weighted by molar-refractivity contribution is 0.253. The molecule has 0 aliphatic carbocycles. The fraction of sp³-hybridized carbons (Fsp3) is 0.364. The molecule has 1 unspecified atom stereocenters. The number of nitrogens with one attached hydrogen (secondary N) is 1. The van der Waals surface area contributed by atoms with Crippen molar-refractivity contribution in [1.82, 2.24) is 5.32 Å². The van der Waals surface area contributed by atoms with Crippen LogP contribution in [0.4, 0.5) is 22.0 Å². The van der Waals surface area contributed by atoms with E-state index in [2.05, 4.69) is 10.1 Å². The Kier molecular flexibility index (Phi) is 5.06. The molecule has 3 nitrogen and oxygen atoms in total. The molecule has 8 heteroatoms. The van der Waals surface area contributed by atoms with Gasteiger partial charge in [-0.15, -0.1) is 0 Å². The molecule has 0 spiro atoms. The molecule has 0 aromatic heterocycles. The van der Waals surface area contributed by atoms with E-state index in [4.69, 9.17) is 5.26 Å². The zero-order valence-electron chi connectivity index (χ0n) is 9.74. The zero-order valence-corrected chi connectivity index (χ0v) is 9.74. The summed E-state index contributed by atoms with van der Waals surface area (Å²) in [5.74, 6) is -11.8. The highest BCUT2D eigenvalue weighted by Crippen LogP contribution is 2.29. The molecule has 0 saturated carbocycles. The number of hydrogen-bond acceptors (Lipinski definition) is 3. The molecule has 1 N–H and O–H groups in total. The van der Waals surface area contributed by atoms with Gasteiger partial charge >= 0.3 is 0 Å². The van der Waals surface area contributed by atoms with E-state index in [0.717, 1.165) is 0 Å². The Morgan fingerprint density at radius 1 is 1.05 bits per heavy atom. The van der Waals surface area contributed by atoms with Crippen LogP contribution in [0.5, 0.6) is 5.75 Å². The average molecular weight is 280 g/mol. The summed E-state index contributed by atoms with van der Waals surface area (Å²) in [6.45, 7) is -0.378. The monoisotopic (exact) mass is 280 g/mol. The molecule has 0 heterocycles. The van der Waals surface area contributed by atoms with Crippen molar-refractivity contribution < 1.29 is 26.7 Å². The Morgan fingerprint density at radius 3 is 1.95 bits per heavy atom. The molecular formula is C11H9F5N2O. The minimum Gasteiger partial charge on any atom is -0.487 e. The van der Waals surface area contributed by atoms with Gasteiger partial charge in [-0.05, 0) is 7.05 Å². The fourth-order valence-electron chi connectivity index (χ4n) is 1.26. The van der Waals surface area contributed by atoms with Crippen molar-refractivity contribution in [2.45, 2.75) is 12.5 Å². The van der Waals surface area contributed by atoms with E-state index in [0.29, 0.717) is 0 Å². The fourth-order valence-corrected chi connectivity index (χ4v) is 1.26. The lowest BCUT2D eigenvalue weighted by Crippen LogP contribution is -2.25. The minimum atomic E-state index is -2.24. The topological polar surface area (TPSA) is 45.0 Å². The van der Waals surface area contributed by atoms with Gasteiger partial charge in [-0.25, -0.2) is 13.2 Å². The van der Waals surface area contributed by atoms with Crippen molar-refractivity contribution in [2.75, 3.05) is 13.7 Å². The Balaban J connectivity index is 2.88. The van der Waals surface area contributed by atoms with Crippen LogP contribution in [-0.4, -0.2) is 19.7 Å². The number of nitriles is 1. The predicted molar refractivity (Wildman–Crippen MR) is 54.8 cm³/mol. The van der Waals surface area contributed by atoms with Gasteiger partial charge in [-0.3, -0.25) is 0 Å². The predicted octanol–water partition coefficient (Wildman–Crippen LogP) is 2.26. The summed E-state index contributed by atoms with van der Waals surface area (Å²) in [5, 5.41) is 11.1. The Hall–Kier alpha value is -1.88. The molecule has 1 aromatic carbocycles. The van der Waals surface area contributed by atoms with Crippen molar-refractivity contribution in [3.63, 3.8) is 0 Å². The van der Waals surface area contributed by atoms with E-state index in [1.807, 2.05) is 6.07 Å². The number of benzene rings is 1. The summed E-state index contributed by atoms with van der Waals surface area (Å²) >= 11 is 0. The second kappa shape index (κ2) is 6.33. The van der Waals surface area contributed by atoms with Crippen LogP contribution in [0.3, 0.4) is 0 Å². The average Bonchev–Trinajstić information content (AvgIpc) is 2.42. The molecule has 104 valence electrons. The lowest BCUT2D eigenvalue weighted by Gasteiger charge is -2.11. The van der Waals surface area contributed by atoms with E-state index in [1.165, 1.54) is 7.05 Å². The van der Waals surface area contributed by atoms with Gasteiger partial charge in [0.05, 0.1) is 18.7 Å². The van der Waals surface area contributed by atoms with Crippen molar-refractivity contribution >= 4 is 0 Å². The lowest BCUT2D eigenvalue weighted by atomic mass is 10.2. The highest BCUT2D eigenvalue weighted by molar-refractivity contribution is 5.29. The molecule has 0 bridgehead atoms. The smallest absolute Gasteiger partial charge is 0.206 e. The molecule has 19 heavy (non-hydrogen) atoms. The second-order valence-electron chi connectivity index (χ2n) is 3.51. The van der Waals surface area contributed by atoms with Gasteiger partial charge < -0.3 is 10.1 Å². The van der Waals surface area contributed by atoms with Gasteiger partial charge in [0.25, 0.3) is 0 Å². The van der Waals surface area contributed by atoms with Gasteiger partial charge in [0.15, 0.2) is 5.75 Å². The number of nitrogens with zero attached hydrogens (tertiary/aromatic N) is 1. The van der Waals surface area contributed by atoms with Crippen LogP contribution in [0.1, 0.15) is 6.42 Å². The van der Waals surface area contributed by atoms with E-state index in [1.54, 1.807) is 0 Å². The largest absolute Gasteiger partial charge is 0.487 e. The number of hydrogen-bond donors (Lipinski definition) is 1. The number of rotatable bonds is 5. The summed E-state index contributed by atoms with van der Waals surface area (Å²) in [5.41, 5.74) is 0. The first kappa shape index (κ1) is 15.2. The molecule has 1 rings (SSSR count). The summed E-state index contributed by atoms with van der Waals surface area (Å²) < 4.78 is 69.2. The molecule has 0 radical (unpaired) electrons. The van der Waals surface area contributed by atoms with E-state index in [-0.39, 0.29) is 13.0 Å². The molecular weight excluding hydrogens is 271 g/mol. The summed E-state index contributed by atoms with van der Waals surface area (Å²) in [6.07, 6.45) is 0.0203. The summed E-state index contributed by atoms with van der Waals surface area (Å²) in [6, 6.07) is 1.16. The Morgan fingerprint density at radius 2 is 1.53 bits per heavy atom. The molecule has 1 atom stereocenters. The first-order valence-electron chi connectivity index (χ1n) is 5.15. The highest BCUT2D eigenvalue weighted by atomic mass is 19.2. The quantitative estimate of drug-likeness (QED) is 0.511. The van der Waals surface area contributed by atoms with Gasteiger partial charge in [0.1, 0.15) is 0 Å². The van der Waals surface area contributed by atoms with Crippen molar-refractivity contribution in [3.8, 4) is 11.8 Å². The second-order valence-corrected chi connectivity index (χ2v) is 3.51. The van der Waals surface area contributed by atoms with Crippen LogP contribution >= 0.6 is 0 Å².